The lowest BCUT2D eigenvalue weighted by molar-refractivity contribution is -0.358. The molecule has 15 unspecified atom stereocenters. The van der Waals surface area contributed by atoms with E-state index in [9.17, 15) is 50.8 Å². The Labute approximate surface area is 192 Å². The number of ether oxygens (including phenoxy) is 5. The predicted molar refractivity (Wildman–Crippen MR) is 100 cm³/mol. The first kappa shape index (κ1) is 27.5. The van der Waals surface area contributed by atoms with Crippen molar-refractivity contribution in [3.05, 3.63) is 0 Å². The van der Waals surface area contributed by atoms with E-state index >= 15 is 0 Å². The van der Waals surface area contributed by atoms with Gasteiger partial charge in [-0.1, -0.05) is 0 Å². The topological polar surface area (TPSA) is 266 Å². The molecule has 0 aliphatic carbocycles. The van der Waals surface area contributed by atoms with Crippen molar-refractivity contribution in [3.8, 4) is 0 Å². The normalized spacial score (nSPS) is 52.4. The molecule has 0 bridgehead atoms. The van der Waals surface area contributed by atoms with Gasteiger partial charge in [-0.25, -0.2) is 4.79 Å². The van der Waals surface area contributed by atoms with Crippen LogP contribution >= 0.6 is 0 Å². The van der Waals surface area contributed by atoms with Gasteiger partial charge in [-0.2, -0.15) is 0 Å². The molecule has 16 nitrogen and oxygen atoms in total. The summed E-state index contributed by atoms with van der Waals surface area (Å²) in [7, 11) is 0. The molecule has 0 radical (unpaired) electrons. The molecule has 0 amide bonds. The van der Waals surface area contributed by atoms with Crippen LogP contribution in [-0.2, 0) is 28.5 Å². The minimum absolute atomic E-state index is 0.562. The van der Waals surface area contributed by atoms with Gasteiger partial charge in [0.15, 0.2) is 25.0 Å². The highest BCUT2D eigenvalue weighted by Gasteiger charge is 2.52. The Balaban J connectivity index is 1.67. The van der Waals surface area contributed by atoms with Crippen molar-refractivity contribution >= 4 is 5.97 Å². The zero-order valence-electron chi connectivity index (χ0n) is 17.8. The zero-order valence-corrected chi connectivity index (χ0v) is 17.8. The number of hydrogen-bond acceptors (Lipinski definition) is 15. The third kappa shape index (κ3) is 5.35. The molecule has 10 N–H and O–H groups in total. The summed E-state index contributed by atoms with van der Waals surface area (Å²) in [5.41, 5.74) is 0. The molecule has 34 heavy (non-hydrogen) atoms. The number of aliphatic hydroxyl groups is 9. The molecule has 16 heteroatoms. The highest BCUT2D eigenvalue weighted by atomic mass is 16.7. The maximum atomic E-state index is 11.3. The molecule has 3 aliphatic heterocycles. The van der Waals surface area contributed by atoms with Crippen LogP contribution in [0.2, 0.25) is 0 Å². The first-order valence-electron chi connectivity index (χ1n) is 10.4. The summed E-state index contributed by atoms with van der Waals surface area (Å²) < 4.78 is 26.0. The smallest absolute Gasteiger partial charge is 0.335 e. The maximum Gasteiger partial charge on any atom is 0.335 e. The summed E-state index contributed by atoms with van der Waals surface area (Å²) in [4.78, 5) is 11.3. The third-order valence-corrected chi connectivity index (χ3v) is 6.00. The van der Waals surface area contributed by atoms with Crippen molar-refractivity contribution in [1.82, 2.24) is 0 Å². The minimum atomic E-state index is -1.98. The fourth-order valence-electron chi connectivity index (χ4n) is 3.87. The SMILES string of the molecule is CC1OC(OCC2OC(O)C(O)C(O)C2O)C(O)C(OC2OC(C(=O)O)C(O)C(O)C2O)C1O. The van der Waals surface area contributed by atoms with E-state index in [-0.39, 0.29) is 0 Å². The van der Waals surface area contributed by atoms with E-state index < -0.39 is 105 Å². The minimum Gasteiger partial charge on any atom is -0.479 e. The van der Waals surface area contributed by atoms with Crippen LogP contribution in [0.3, 0.4) is 0 Å². The van der Waals surface area contributed by atoms with E-state index in [1.54, 1.807) is 0 Å². The largest absolute Gasteiger partial charge is 0.479 e. The molecule has 0 spiro atoms. The first-order chi connectivity index (χ1) is 15.8. The Morgan fingerprint density at radius 2 is 1.32 bits per heavy atom. The van der Waals surface area contributed by atoms with Gasteiger partial charge in [0.2, 0.25) is 0 Å². The third-order valence-electron chi connectivity index (χ3n) is 6.00. The van der Waals surface area contributed by atoms with Gasteiger partial charge in [0.1, 0.15) is 61.0 Å². The molecule has 0 aromatic rings. The maximum absolute atomic E-state index is 11.3. The number of carboxylic acids is 1. The number of aliphatic carboxylic acids is 1. The second-order valence-corrected chi connectivity index (χ2v) is 8.40. The van der Waals surface area contributed by atoms with Crippen LogP contribution in [0.5, 0.6) is 0 Å². The summed E-state index contributed by atoms with van der Waals surface area (Å²) >= 11 is 0. The van der Waals surface area contributed by atoms with Crippen LogP contribution in [0.25, 0.3) is 0 Å². The summed E-state index contributed by atoms with van der Waals surface area (Å²) in [6.07, 6.45) is -25.6. The zero-order chi connectivity index (χ0) is 25.5. The fourth-order valence-corrected chi connectivity index (χ4v) is 3.87. The van der Waals surface area contributed by atoms with Crippen molar-refractivity contribution in [2.45, 2.75) is 99.0 Å². The molecular weight excluding hydrogens is 472 g/mol. The summed E-state index contributed by atoms with van der Waals surface area (Å²) in [6, 6.07) is 0. The van der Waals surface area contributed by atoms with Crippen LogP contribution in [0.15, 0.2) is 0 Å². The molecule has 3 heterocycles. The van der Waals surface area contributed by atoms with E-state index in [4.69, 9.17) is 28.8 Å². The Kier molecular flexibility index (Phi) is 8.81. The van der Waals surface area contributed by atoms with Gasteiger partial charge in [0.25, 0.3) is 0 Å². The van der Waals surface area contributed by atoms with Crippen LogP contribution in [0, 0.1) is 0 Å². The number of rotatable bonds is 6. The molecule has 198 valence electrons. The van der Waals surface area contributed by atoms with Gasteiger partial charge in [-0.15, -0.1) is 0 Å². The van der Waals surface area contributed by atoms with Crippen LogP contribution in [0.4, 0.5) is 0 Å². The standard InChI is InChI=1S/C18H30O16/c1-3-5(19)13(33-18-11(25)8(22)9(23)14(34-18)15(27)28)12(26)17(31-3)30-2-4-6(20)7(21)10(24)16(29)32-4/h3-14,16-26,29H,2H2,1H3,(H,27,28). The lowest BCUT2D eigenvalue weighted by atomic mass is 9.97. The second kappa shape index (κ2) is 10.9. The quantitative estimate of drug-likeness (QED) is 0.162. The first-order valence-corrected chi connectivity index (χ1v) is 10.4. The number of aliphatic hydroxyl groups excluding tert-OH is 9. The van der Waals surface area contributed by atoms with E-state index in [1.165, 1.54) is 6.92 Å². The molecule has 0 aromatic carbocycles. The Bertz CT molecular complexity index is 695. The van der Waals surface area contributed by atoms with Crippen molar-refractivity contribution < 1.29 is 79.5 Å². The van der Waals surface area contributed by atoms with Gasteiger partial charge < -0.3 is 74.7 Å². The fraction of sp³-hybridized carbons (Fsp3) is 0.944. The second-order valence-electron chi connectivity index (χ2n) is 8.40. The Morgan fingerprint density at radius 3 is 1.94 bits per heavy atom. The average molecular weight is 502 g/mol. The summed E-state index contributed by atoms with van der Waals surface area (Å²) in [6.45, 7) is 0.809. The van der Waals surface area contributed by atoms with Gasteiger partial charge in [-0.05, 0) is 6.92 Å². The summed E-state index contributed by atoms with van der Waals surface area (Å²) in [5, 5.41) is 98.9. The molecular formula is C18H30O16. The molecule has 0 saturated carbocycles. The molecule has 3 saturated heterocycles. The van der Waals surface area contributed by atoms with Crippen LogP contribution in [0.1, 0.15) is 6.92 Å². The molecule has 3 rings (SSSR count). The Hall–Kier alpha value is -1.09. The van der Waals surface area contributed by atoms with E-state index in [2.05, 4.69) is 0 Å². The number of carbonyl (C=O) groups is 1. The molecule has 0 aromatic heterocycles. The molecule has 3 aliphatic rings. The van der Waals surface area contributed by atoms with Gasteiger partial charge >= 0.3 is 5.97 Å². The number of carboxylic acid groups (broad SMARTS) is 1. The van der Waals surface area contributed by atoms with Crippen LogP contribution in [-0.4, -0.2) is 156 Å². The van der Waals surface area contributed by atoms with E-state index in [0.29, 0.717) is 0 Å². The van der Waals surface area contributed by atoms with Gasteiger partial charge in [0, 0.05) is 0 Å². The molecule has 15 atom stereocenters. The molecule has 3 fully saturated rings. The highest BCUT2D eigenvalue weighted by Crippen LogP contribution is 2.30. The van der Waals surface area contributed by atoms with Crippen molar-refractivity contribution in [1.29, 1.82) is 0 Å². The van der Waals surface area contributed by atoms with Crippen molar-refractivity contribution in [3.63, 3.8) is 0 Å². The predicted octanol–water partition coefficient (Wildman–Crippen LogP) is -6.45. The monoisotopic (exact) mass is 502 g/mol. The van der Waals surface area contributed by atoms with Crippen molar-refractivity contribution in [2.24, 2.45) is 0 Å². The highest BCUT2D eigenvalue weighted by molar-refractivity contribution is 5.73. The average Bonchev–Trinajstić information content (AvgIpc) is 2.79. The lowest BCUT2D eigenvalue weighted by Gasteiger charge is -2.45. The van der Waals surface area contributed by atoms with E-state index in [1.807, 2.05) is 0 Å². The Morgan fingerprint density at radius 1 is 0.706 bits per heavy atom. The van der Waals surface area contributed by atoms with Crippen LogP contribution < -0.4 is 0 Å². The van der Waals surface area contributed by atoms with Gasteiger partial charge in [-0.3, -0.25) is 0 Å². The van der Waals surface area contributed by atoms with Crippen molar-refractivity contribution in [2.75, 3.05) is 6.61 Å². The lowest BCUT2D eigenvalue weighted by Crippen LogP contribution is -2.65. The number of hydrogen-bond donors (Lipinski definition) is 10. The van der Waals surface area contributed by atoms with Gasteiger partial charge in [0.05, 0.1) is 12.7 Å². The van der Waals surface area contributed by atoms with E-state index in [0.717, 1.165) is 0 Å². The summed E-state index contributed by atoms with van der Waals surface area (Å²) in [5.74, 6) is -1.66.